The number of ether oxygens (including phenoxy) is 1. The number of hydrogen-bond donors (Lipinski definition) is 2. The Hall–Kier alpha value is -0.850. The van der Waals surface area contributed by atoms with Crippen molar-refractivity contribution in [3.63, 3.8) is 0 Å². The number of aliphatic hydroxyl groups excluding tert-OH is 1. The lowest BCUT2D eigenvalue weighted by atomic mass is 10.1. The van der Waals surface area contributed by atoms with Gasteiger partial charge in [0.15, 0.2) is 0 Å². The highest BCUT2D eigenvalue weighted by Crippen LogP contribution is 2.35. The molecule has 20 heavy (non-hydrogen) atoms. The van der Waals surface area contributed by atoms with E-state index in [9.17, 15) is 13.9 Å². The molecule has 1 aromatic carbocycles. The molecule has 0 aromatic heterocycles. The van der Waals surface area contributed by atoms with Crippen LogP contribution in [0.15, 0.2) is 23.1 Å². The number of hydrogen-bond acceptors (Lipinski definition) is 4. The molecule has 0 saturated heterocycles. The van der Waals surface area contributed by atoms with Crippen LogP contribution in [0.1, 0.15) is 31.9 Å². The van der Waals surface area contributed by atoms with Crippen LogP contribution in [0.4, 0.5) is 8.78 Å². The predicted octanol–water partition coefficient (Wildman–Crippen LogP) is 3.43. The van der Waals surface area contributed by atoms with Gasteiger partial charge in [0.2, 0.25) is 0 Å². The smallest absolute Gasteiger partial charge is 0.289 e. The largest absolute Gasteiger partial charge is 0.496 e. The second-order valence-electron chi connectivity index (χ2n) is 4.46. The van der Waals surface area contributed by atoms with Crippen LogP contribution in [0.2, 0.25) is 0 Å². The van der Waals surface area contributed by atoms with Gasteiger partial charge in [0.1, 0.15) is 5.75 Å². The van der Waals surface area contributed by atoms with Crippen LogP contribution >= 0.6 is 11.8 Å². The highest BCUT2D eigenvalue weighted by atomic mass is 32.2. The monoisotopic (exact) mass is 305 g/mol. The first kappa shape index (κ1) is 17.2. The molecule has 2 atom stereocenters. The summed E-state index contributed by atoms with van der Waals surface area (Å²) < 4.78 is 30.0. The minimum absolute atomic E-state index is 0.00611. The first-order valence-electron chi connectivity index (χ1n) is 6.51. The fourth-order valence-electron chi connectivity index (χ4n) is 1.90. The number of thioether (sulfide) groups is 1. The van der Waals surface area contributed by atoms with Crippen LogP contribution in [-0.2, 0) is 0 Å². The molecule has 0 bridgehead atoms. The summed E-state index contributed by atoms with van der Waals surface area (Å²) >= 11 is 0.474. The molecule has 0 aliphatic heterocycles. The minimum atomic E-state index is -2.47. The first-order valence-corrected chi connectivity index (χ1v) is 7.39. The van der Waals surface area contributed by atoms with Crippen molar-refractivity contribution in [1.82, 2.24) is 5.32 Å². The van der Waals surface area contributed by atoms with Crippen LogP contribution in [0.3, 0.4) is 0 Å². The molecule has 0 spiro atoms. The lowest BCUT2D eigenvalue weighted by Gasteiger charge is -2.21. The Morgan fingerprint density at radius 3 is 2.60 bits per heavy atom. The van der Waals surface area contributed by atoms with E-state index < -0.39 is 5.76 Å². The summed E-state index contributed by atoms with van der Waals surface area (Å²) in [5.74, 6) is -2.03. The summed E-state index contributed by atoms with van der Waals surface area (Å²) in [6.07, 6.45) is 0.817. The summed E-state index contributed by atoms with van der Waals surface area (Å²) in [7, 11) is 1.47. The Labute approximate surface area is 122 Å². The van der Waals surface area contributed by atoms with Crippen LogP contribution in [0.5, 0.6) is 5.75 Å². The number of alkyl halides is 2. The Morgan fingerprint density at radius 1 is 1.40 bits per heavy atom. The fraction of sp³-hybridized carbons (Fsp3) is 0.571. The van der Waals surface area contributed by atoms with Crippen molar-refractivity contribution in [2.24, 2.45) is 0 Å². The van der Waals surface area contributed by atoms with Gasteiger partial charge in [-0.25, -0.2) is 0 Å². The van der Waals surface area contributed by atoms with E-state index in [4.69, 9.17) is 4.74 Å². The summed E-state index contributed by atoms with van der Waals surface area (Å²) in [5.41, 5.74) is 0.937. The van der Waals surface area contributed by atoms with Crippen molar-refractivity contribution in [2.75, 3.05) is 13.7 Å². The molecule has 2 unspecified atom stereocenters. The maximum atomic E-state index is 12.4. The van der Waals surface area contributed by atoms with Crippen molar-refractivity contribution in [2.45, 2.75) is 43.0 Å². The van der Waals surface area contributed by atoms with Gasteiger partial charge in [-0.2, -0.15) is 8.78 Å². The average Bonchev–Trinajstić information content (AvgIpc) is 2.44. The van der Waals surface area contributed by atoms with Gasteiger partial charge in [0, 0.05) is 12.1 Å². The van der Waals surface area contributed by atoms with Crippen LogP contribution in [0, 0.1) is 0 Å². The summed E-state index contributed by atoms with van der Waals surface area (Å²) in [6, 6.07) is 5.22. The maximum Gasteiger partial charge on any atom is 0.289 e. The van der Waals surface area contributed by atoms with E-state index in [1.165, 1.54) is 7.11 Å². The fourth-order valence-corrected chi connectivity index (χ4v) is 2.49. The Kier molecular flexibility index (Phi) is 7.26. The zero-order valence-corrected chi connectivity index (χ0v) is 12.7. The molecule has 1 aromatic rings. The van der Waals surface area contributed by atoms with E-state index in [1.54, 1.807) is 18.2 Å². The number of aliphatic hydroxyl groups is 1. The molecule has 0 heterocycles. The molecule has 0 saturated carbocycles. The Morgan fingerprint density at radius 2 is 2.10 bits per heavy atom. The SMILES string of the molecule is CCC(CO)NC(C)c1ccc(SC(F)F)c(OC)c1. The van der Waals surface area contributed by atoms with Gasteiger partial charge in [-0.05, 0) is 31.0 Å². The molecule has 0 aliphatic rings. The quantitative estimate of drug-likeness (QED) is 0.722. The van der Waals surface area contributed by atoms with Crippen molar-refractivity contribution in [3.8, 4) is 5.75 Å². The molecule has 0 fully saturated rings. The minimum Gasteiger partial charge on any atom is -0.496 e. The maximum absolute atomic E-state index is 12.4. The normalized spacial score (nSPS) is 14.3. The van der Waals surface area contributed by atoms with Gasteiger partial charge in [-0.3, -0.25) is 0 Å². The van der Waals surface area contributed by atoms with E-state index in [-0.39, 0.29) is 18.7 Å². The first-order chi connectivity index (χ1) is 9.51. The van der Waals surface area contributed by atoms with Gasteiger partial charge >= 0.3 is 0 Å². The lowest BCUT2D eigenvalue weighted by Crippen LogP contribution is -2.33. The van der Waals surface area contributed by atoms with E-state index in [0.29, 0.717) is 22.4 Å². The Balaban J connectivity index is 2.86. The molecule has 2 N–H and O–H groups in total. The topological polar surface area (TPSA) is 41.5 Å². The number of rotatable bonds is 8. The second kappa shape index (κ2) is 8.44. The molecule has 0 radical (unpaired) electrons. The van der Waals surface area contributed by atoms with E-state index in [0.717, 1.165) is 12.0 Å². The Bertz CT molecular complexity index is 414. The molecular formula is C14H21F2NO2S. The number of methoxy groups -OCH3 is 1. The molecule has 0 amide bonds. The van der Waals surface area contributed by atoms with E-state index in [1.807, 2.05) is 13.8 Å². The highest BCUT2D eigenvalue weighted by Gasteiger charge is 2.15. The van der Waals surface area contributed by atoms with Crippen molar-refractivity contribution < 1.29 is 18.6 Å². The standard InChI is InChI=1S/C14H21F2NO2S/c1-4-11(8-18)17-9(2)10-5-6-13(20-14(15)16)12(7-10)19-3/h5-7,9,11,14,17-18H,4,8H2,1-3H3. The third-order valence-electron chi connectivity index (χ3n) is 3.10. The molecule has 6 heteroatoms. The third kappa shape index (κ3) is 4.92. The van der Waals surface area contributed by atoms with Crippen molar-refractivity contribution >= 4 is 11.8 Å². The lowest BCUT2D eigenvalue weighted by molar-refractivity contribution is 0.230. The van der Waals surface area contributed by atoms with Gasteiger partial charge < -0.3 is 15.2 Å². The number of nitrogens with one attached hydrogen (secondary N) is 1. The number of benzene rings is 1. The number of halogens is 2. The molecule has 0 aliphatic carbocycles. The molecule has 3 nitrogen and oxygen atoms in total. The zero-order chi connectivity index (χ0) is 15.1. The van der Waals surface area contributed by atoms with Crippen molar-refractivity contribution in [3.05, 3.63) is 23.8 Å². The zero-order valence-electron chi connectivity index (χ0n) is 11.9. The average molecular weight is 305 g/mol. The summed E-state index contributed by atoms with van der Waals surface area (Å²) in [4.78, 5) is 0.424. The van der Waals surface area contributed by atoms with Crippen LogP contribution in [-0.4, -0.2) is 30.6 Å². The van der Waals surface area contributed by atoms with Gasteiger partial charge in [0.25, 0.3) is 5.76 Å². The molecule has 114 valence electrons. The summed E-state index contributed by atoms with van der Waals surface area (Å²) in [6.45, 7) is 4.02. The van der Waals surface area contributed by atoms with Gasteiger partial charge in [-0.15, -0.1) is 0 Å². The van der Waals surface area contributed by atoms with E-state index >= 15 is 0 Å². The third-order valence-corrected chi connectivity index (χ3v) is 3.87. The van der Waals surface area contributed by atoms with Crippen LogP contribution in [0.25, 0.3) is 0 Å². The summed E-state index contributed by atoms with van der Waals surface area (Å²) in [5, 5.41) is 12.5. The van der Waals surface area contributed by atoms with Gasteiger partial charge in [-0.1, -0.05) is 24.8 Å². The van der Waals surface area contributed by atoms with Gasteiger partial charge in [0.05, 0.1) is 18.6 Å². The molecule has 1 rings (SSSR count). The van der Waals surface area contributed by atoms with Crippen LogP contribution < -0.4 is 10.1 Å². The predicted molar refractivity (Wildman–Crippen MR) is 77.6 cm³/mol. The van der Waals surface area contributed by atoms with Crippen molar-refractivity contribution in [1.29, 1.82) is 0 Å². The second-order valence-corrected chi connectivity index (χ2v) is 5.50. The van der Waals surface area contributed by atoms with E-state index in [2.05, 4.69) is 5.32 Å². The highest BCUT2D eigenvalue weighted by molar-refractivity contribution is 7.99. The molecular weight excluding hydrogens is 284 g/mol.